The van der Waals surface area contributed by atoms with E-state index in [1.165, 1.54) is 17.6 Å². The van der Waals surface area contributed by atoms with E-state index in [9.17, 15) is 9.59 Å². The van der Waals surface area contributed by atoms with Crippen LogP contribution in [0.25, 0.3) is 0 Å². The SMILES string of the molecule is COC(=O)C(c1ccccc1Cl)N1CCN(CCC(=O)N2CCc3sccc3C2)CC1. The van der Waals surface area contributed by atoms with E-state index < -0.39 is 6.04 Å². The van der Waals surface area contributed by atoms with Gasteiger partial charge in [-0.3, -0.25) is 9.69 Å². The van der Waals surface area contributed by atoms with Gasteiger partial charge in [0.05, 0.1) is 7.11 Å². The Morgan fingerprint density at radius 3 is 2.65 bits per heavy atom. The number of esters is 1. The number of hydrogen-bond donors (Lipinski definition) is 0. The molecule has 3 heterocycles. The Morgan fingerprint density at radius 2 is 1.90 bits per heavy atom. The largest absolute Gasteiger partial charge is 0.468 e. The molecule has 1 atom stereocenters. The summed E-state index contributed by atoms with van der Waals surface area (Å²) in [6.45, 7) is 5.36. The molecule has 6 nitrogen and oxygen atoms in total. The minimum atomic E-state index is -0.504. The maximum Gasteiger partial charge on any atom is 0.327 e. The molecule has 0 saturated carbocycles. The molecule has 31 heavy (non-hydrogen) atoms. The fraction of sp³-hybridized carbons (Fsp3) is 0.478. The van der Waals surface area contributed by atoms with Crippen LogP contribution in [0.5, 0.6) is 0 Å². The maximum absolute atomic E-state index is 12.7. The highest BCUT2D eigenvalue weighted by molar-refractivity contribution is 7.10. The second-order valence-electron chi connectivity index (χ2n) is 8.01. The van der Waals surface area contributed by atoms with Crippen molar-refractivity contribution in [2.75, 3.05) is 46.4 Å². The summed E-state index contributed by atoms with van der Waals surface area (Å²) in [5.74, 6) is -0.0718. The molecule has 2 aliphatic heterocycles. The Labute approximate surface area is 192 Å². The first-order valence-corrected chi connectivity index (χ1v) is 11.9. The van der Waals surface area contributed by atoms with Crippen molar-refractivity contribution < 1.29 is 14.3 Å². The van der Waals surface area contributed by atoms with Crippen LogP contribution >= 0.6 is 22.9 Å². The van der Waals surface area contributed by atoms with Crippen molar-refractivity contribution in [3.05, 3.63) is 56.7 Å². The molecular formula is C23H28ClN3O3S. The first-order valence-electron chi connectivity index (χ1n) is 10.7. The molecule has 1 fully saturated rings. The lowest BCUT2D eigenvalue weighted by Crippen LogP contribution is -2.50. The molecule has 8 heteroatoms. The minimum absolute atomic E-state index is 0.225. The van der Waals surface area contributed by atoms with Gasteiger partial charge in [0.15, 0.2) is 0 Å². The average molecular weight is 462 g/mol. The molecule has 1 amide bonds. The van der Waals surface area contributed by atoms with Crippen LogP contribution in [0.4, 0.5) is 0 Å². The zero-order valence-electron chi connectivity index (χ0n) is 17.8. The Bertz CT molecular complexity index is 926. The number of benzene rings is 1. The van der Waals surface area contributed by atoms with Crippen molar-refractivity contribution >= 4 is 34.8 Å². The number of piperazine rings is 1. The van der Waals surface area contributed by atoms with Crippen molar-refractivity contribution in [2.24, 2.45) is 0 Å². The molecule has 0 spiro atoms. The van der Waals surface area contributed by atoms with Crippen LogP contribution in [0.2, 0.25) is 5.02 Å². The van der Waals surface area contributed by atoms with Gasteiger partial charge < -0.3 is 14.5 Å². The van der Waals surface area contributed by atoms with Gasteiger partial charge in [0.1, 0.15) is 6.04 Å². The highest BCUT2D eigenvalue weighted by atomic mass is 35.5. The number of thiophene rings is 1. The van der Waals surface area contributed by atoms with E-state index in [1.54, 1.807) is 17.4 Å². The van der Waals surface area contributed by atoms with Gasteiger partial charge in [-0.25, -0.2) is 4.79 Å². The number of fused-ring (bicyclic) bond motifs is 1. The van der Waals surface area contributed by atoms with Crippen LogP contribution < -0.4 is 0 Å². The monoisotopic (exact) mass is 461 g/mol. The normalized spacial score (nSPS) is 18.5. The molecule has 1 aromatic heterocycles. The molecule has 0 aliphatic carbocycles. The summed E-state index contributed by atoms with van der Waals surface area (Å²) in [5, 5.41) is 2.68. The molecule has 0 radical (unpaired) electrons. The molecule has 4 rings (SSSR count). The van der Waals surface area contributed by atoms with Gasteiger partial charge in [-0.15, -0.1) is 11.3 Å². The van der Waals surface area contributed by atoms with Crippen molar-refractivity contribution in [1.82, 2.24) is 14.7 Å². The Morgan fingerprint density at radius 1 is 1.13 bits per heavy atom. The van der Waals surface area contributed by atoms with Crippen molar-refractivity contribution in [3.63, 3.8) is 0 Å². The molecule has 2 aromatic rings. The first-order chi connectivity index (χ1) is 15.1. The Hall–Kier alpha value is -1.93. The van der Waals surface area contributed by atoms with Crippen LogP contribution in [0.3, 0.4) is 0 Å². The molecule has 0 bridgehead atoms. The van der Waals surface area contributed by atoms with Gasteiger partial charge in [0.25, 0.3) is 0 Å². The lowest BCUT2D eigenvalue weighted by atomic mass is 10.0. The molecule has 1 aromatic carbocycles. The van der Waals surface area contributed by atoms with Crippen LogP contribution in [-0.4, -0.2) is 73.0 Å². The average Bonchev–Trinajstić information content (AvgIpc) is 3.27. The summed E-state index contributed by atoms with van der Waals surface area (Å²) in [4.78, 5) is 33.0. The van der Waals surface area contributed by atoms with E-state index >= 15 is 0 Å². The van der Waals surface area contributed by atoms with Gasteiger partial charge in [0.2, 0.25) is 5.91 Å². The summed E-state index contributed by atoms with van der Waals surface area (Å²) in [5.41, 5.74) is 2.07. The second kappa shape index (κ2) is 10.1. The molecule has 166 valence electrons. The first kappa shape index (κ1) is 22.3. The lowest BCUT2D eigenvalue weighted by Gasteiger charge is -2.38. The summed E-state index contributed by atoms with van der Waals surface area (Å²) in [7, 11) is 1.41. The maximum atomic E-state index is 12.7. The number of methoxy groups -OCH3 is 1. The van der Waals surface area contributed by atoms with Crippen LogP contribution in [0, 0.1) is 0 Å². The van der Waals surface area contributed by atoms with Gasteiger partial charge in [-0.2, -0.15) is 0 Å². The number of carbonyl (C=O) groups excluding carboxylic acids is 2. The summed E-state index contributed by atoms with van der Waals surface area (Å²) >= 11 is 8.15. The molecule has 0 N–H and O–H groups in total. The van der Waals surface area contributed by atoms with Crippen LogP contribution in [0.15, 0.2) is 35.7 Å². The van der Waals surface area contributed by atoms with E-state index in [4.69, 9.17) is 16.3 Å². The van der Waals surface area contributed by atoms with Gasteiger partial charge in [-0.05, 0) is 35.1 Å². The van der Waals surface area contributed by atoms with E-state index in [0.29, 0.717) is 11.4 Å². The van der Waals surface area contributed by atoms with E-state index in [-0.39, 0.29) is 11.9 Å². The quantitative estimate of drug-likeness (QED) is 0.618. The number of rotatable bonds is 6. The highest BCUT2D eigenvalue weighted by Gasteiger charge is 2.32. The van der Waals surface area contributed by atoms with Crippen molar-refractivity contribution in [1.29, 1.82) is 0 Å². The number of halogens is 1. The Kier molecular flexibility index (Phi) is 7.27. The highest BCUT2D eigenvalue weighted by Crippen LogP contribution is 2.29. The standard InChI is InChI=1S/C23H28ClN3O3S/c1-30-23(29)22(18-4-2-3-5-19(18)24)26-13-11-25(12-14-26)9-7-21(28)27-10-6-20-17(16-27)8-15-31-20/h2-5,8,15,22H,6-7,9-14,16H2,1H3. The summed E-state index contributed by atoms with van der Waals surface area (Å²) < 4.78 is 5.06. The van der Waals surface area contributed by atoms with Gasteiger partial charge >= 0.3 is 5.97 Å². The van der Waals surface area contributed by atoms with Gasteiger partial charge in [0, 0.05) is 62.1 Å². The summed E-state index contributed by atoms with van der Waals surface area (Å²) in [6, 6.07) is 9.06. The lowest BCUT2D eigenvalue weighted by molar-refractivity contribution is -0.148. The predicted molar refractivity (Wildman–Crippen MR) is 122 cm³/mol. The minimum Gasteiger partial charge on any atom is -0.468 e. The molecule has 1 saturated heterocycles. The molecular weight excluding hydrogens is 434 g/mol. The number of carbonyl (C=O) groups is 2. The van der Waals surface area contributed by atoms with Crippen LogP contribution in [0.1, 0.15) is 28.5 Å². The van der Waals surface area contributed by atoms with E-state index in [2.05, 4.69) is 21.2 Å². The van der Waals surface area contributed by atoms with Crippen molar-refractivity contribution in [3.8, 4) is 0 Å². The number of hydrogen-bond acceptors (Lipinski definition) is 6. The smallest absolute Gasteiger partial charge is 0.327 e. The van der Waals surface area contributed by atoms with E-state index in [0.717, 1.165) is 57.8 Å². The fourth-order valence-electron chi connectivity index (χ4n) is 4.40. The third kappa shape index (κ3) is 5.12. The van der Waals surface area contributed by atoms with Crippen LogP contribution in [-0.2, 0) is 27.3 Å². The van der Waals surface area contributed by atoms with Crippen molar-refractivity contribution in [2.45, 2.75) is 25.4 Å². The zero-order valence-corrected chi connectivity index (χ0v) is 19.3. The molecule has 2 aliphatic rings. The molecule has 1 unspecified atom stereocenters. The third-order valence-corrected chi connectivity index (χ3v) is 7.57. The topological polar surface area (TPSA) is 53.1 Å². The number of ether oxygens (including phenoxy) is 1. The number of amides is 1. The fourth-order valence-corrected chi connectivity index (χ4v) is 5.53. The second-order valence-corrected chi connectivity index (χ2v) is 9.42. The predicted octanol–water partition coefficient (Wildman–Crippen LogP) is 3.21. The zero-order chi connectivity index (χ0) is 21.8. The van der Waals surface area contributed by atoms with Gasteiger partial charge in [-0.1, -0.05) is 29.8 Å². The van der Waals surface area contributed by atoms with E-state index in [1.807, 2.05) is 23.1 Å². The Balaban J connectivity index is 1.29. The number of nitrogens with zero attached hydrogens (tertiary/aromatic N) is 3. The summed E-state index contributed by atoms with van der Waals surface area (Å²) in [6.07, 6.45) is 1.50. The third-order valence-electron chi connectivity index (χ3n) is 6.20.